The van der Waals surface area contributed by atoms with Crippen LogP contribution in [0, 0.1) is 6.92 Å². The van der Waals surface area contributed by atoms with E-state index < -0.39 is 0 Å². The van der Waals surface area contributed by atoms with E-state index in [1.165, 1.54) is 54.5 Å². The summed E-state index contributed by atoms with van der Waals surface area (Å²) in [5, 5.41) is 3.79. The van der Waals surface area contributed by atoms with Crippen LogP contribution < -0.4 is 10.1 Å². The van der Waals surface area contributed by atoms with Crippen LogP contribution in [0.1, 0.15) is 77.3 Å². The van der Waals surface area contributed by atoms with E-state index in [0.717, 1.165) is 56.0 Å². The molecule has 1 saturated heterocycles. The number of likely N-dealkylation sites (tertiary alicyclic amines) is 1. The molecule has 2 heterocycles. The number of nitrogens with zero attached hydrogens (tertiary/aromatic N) is 3. The van der Waals surface area contributed by atoms with Gasteiger partial charge in [0.15, 0.2) is 0 Å². The monoisotopic (exact) mass is 548 g/mol. The van der Waals surface area contributed by atoms with Crippen molar-refractivity contribution in [2.75, 3.05) is 33.3 Å². The van der Waals surface area contributed by atoms with E-state index in [2.05, 4.69) is 27.3 Å². The second-order valence-corrected chi connectivity index (χ2v) is 11.5. The molecule has 7 heteroatoms. The predicted octanol–water partition coefficient (Wildman–Crippen LogP) is 6.33. The highest BCUT2D eigenvalue weighted by atomic mass is 35.5. The van der Waals surface area contributed by atoms with Crippen molar-refractivity contribution < 1.29 is 9.53 Å². The number of hydrogen-bond acceptors (Lipinski definition) is 4. The van der Waals surface area contributed by atoms with Gasteiger partial charge in [0.2, 0.25) is 0 Å². The maximum atomic E-state index is 12.9. The van der Waals surface area contributed by atoms with Crippen LogP contribution in [0.15, 0.2) is 36.4 Å². The van der Waals surface area contributed by atoms with Gasteiger partial charge in [-0.2, -0.15) is 0 Å². The summed E-state index contributed by atoms with van der Waals surface area (Å²) in [6.45, 7) is 5.88. The molecule has 1 N–H and O–H groups in total. The number of unbranched alkanes of at least 4 members (excludes halogenated alkanes) is 1. The highest BCUT2D eigenvalue weighted by Gasteiger charge is 2.26. The normalized spacial score (nSPS) is 16.2. The SMILES string of the molecule is COc1c(C2CCN(CCCCNC(=O)c3c(C)nc(-c4ccc(Cl)cc4)n3C)CC2)ccc2c1CCCC2. The topological polar surface area (TPSA) is 59.4 Å². The average molecular weight is 549 g/mol. The summed E-state index contributed by atoms with van der Waals surface area (Å²) >= 11 is 6.02. The molecule has 0 saturated carbocycles. The molecule has 3 aromatic rings. The van der Waals surface area contributed by atoms with Gasteiger partial charge in [0.05, 0.1) is 12.8 Å². The molecule has 0 bridgehead atoms. The van der Waals surface area contributed by atoms with Crippen molar-refractivity contribution in [1.29, 1.82) is 0 Å². The van der Waals surface area contributed by atoms with Crippen molar-refractivity contribution in [3.05, 3.63) is 69.5 Å². The molecule has 0 unspecified atom stereocenters. The number of amides is 1. The van der Waals surface area contributed by atoms with Crippen molar-refractivity contribution in [2.24, 2.45) is 7.05 Å². The van der Waals surface area contributed by atoms with Crippen molar-refractivity contribution in [1.82, 2.24) is 19.8 Å². The second-order valence-electron chi connectivity index (χ2n) is 11.0. The number of methoxy groups -OCH3 is 1. The van der Waals surface area contributed by atoms with Gasteiger partial charge in [0, 0.05) is 24.2 Å². The predicted molar refractivity (Wildman–Crippen MR) is 158 cm³/mol. The first-order chi connectivity index (χ1) is 19.0. The Labute approximate surface area is 237 Å². The first-order valence-corrected chi connectivity index (χ1v) is 14.8. The van der Waals surface area contributed by atoms with Gasteiger partial charge in [0.25, 0.3) is 5.91 Å². The zero-order valence-corrected chi connectivity index (χ0v) is 24.3. The number of halogens is 1. The van der Waals surface area contributed by atoms with E-state index in [4.69, 9.17) is 16.3 Å². The van der Waals surface area contributed by atoms with Crippen molar-refractivity contribution in [3.63, 3.8) is 0 Å². The molecule has 1 aliphatic heterocycles. The molecule has 0 atom stereocenters. The molecule has 1 aliphatic carbocycles. The lowest BCUT2D eigenvalue weighted by atomic mass is 9.83. The number of imidazole rings is 1. The molecule has 2 aromatic carbocycles. The van der Waals surface area contributed by atoms with E-state index >= 15 is 0 Å². The Bertz CT molecular complexity index is 1290. The van der Waals surface area contributed by atoms with Crippen LogP contribution in [-0.2, 0) is 19.9 Å². The van der Waals surface area contributed by atoms with E-state index in [9.17, 15) is 4.79 Å². The molecular weight excluding hydrogens is 508 g/mol. The minimum Gasteiger partial charge on any atom is -0.496 e. The first kappa shape index (κ1) is 27.7. The second kappa shape index (κ2) is 12.6. The molecule has 0 radical (unpaired) electrons. The third-order valence-electron chi connectivity index (χ3n) is 8.52. The smallest absolute Gasteiger partial charge is 0.269 e. The average Bonchev–Trinajstić information content (AvgIpc) is 3.26. The number of hydrogen-bond donors (Lipinski definition) is 1. The van der Waals surface area contributed by atoms with Crippen LogP contribution in [-0.4, -0.2) is 53.6 Å². The number of ether oxygens (including phenoxy) is 1. The number of rotatable bonds is 9. The number of aryl methyl sites for hydroxylation is 2. The van der Waals surface area contributed by atoms with Crippen LogP contribution >= 0.6 is 11.6 Å². The van der Waals surface area contributed by atoms with Gasteiger partial charge < -0.3 is 19.5 Å². The Morgan fingerprint density at radius 1 is 1.08 bits per heavy atom. The number of carbonyl (C=O) groups excluding carboxylic acids is 1. The minimum absolute atomic E-state index is 0.0671. The third-order valence-corrected chi connectivity index (χ3v) is 8.77. The van der Waals surface area contributed by atoms with Crippen LogP contribution in [0.4, 0.5) is 0 Å². The van der Waals surface area contributed by atoms with Gasteiger partial charge >= 0.3 is 0 Å². The summed E-state index contributed by atoms with van der Waals surface area (Å²) in [5.74, 6) is 2.46. The number of benzene rings is 2. The Kier molecular flexibility index (Phi) is 8.93. The molecule has 208 valence electrons. The zero-order chi connectivity index (χ0) is 27.4. The molecule has 1 amide bonds. The lowest BCUT2D eigenvalue weighted by molar-refractivity contribution is 0.0943. The number of nitrogens with one attached hydrogen (secondary N) is 1. The first-order valence-electron chi connectivity index (χ1n) is 14.4. The number of fused-ring (bicyclic) bond motifs is 1. The largest absolute Gasteiger partial charge is 0.496 e. The van der Waals surface area contributed by atoms with E-state index in [0.29, 0.717) is 23.2 Å². The maximum Gasteiger partial charge on any atom is 0.269 e. The van der Waals surface area contributed by atoms with Crippen LogP contribution in [0.3, 0.4) is 0 Å². The van der Waals surface area contributed by atoms with Crippen molar-refractivity contribution in [2.45, 2.75) is 64.2 Å². The summed E-state index contributed by atoms with van der Waals surface area (Å²) in [4.78, 5) is 20.2. The molecule has 1 fully saturated rings. The van der Waals surface area contributed by atoms with Gasteiger partial charge in [-0.05, 0) is 125 Å². The fourth-order valence-corrected chi connectivity index (χ4v) is 6.52. The van der Waals surface area contributed by atoms with E-state index in [1.807, 2.05) is 49.9 Å². The van der Waals surface area contributed by atoms with Gasteiger partial charge in [-0.25, -0.2) is 4.98 Å². The van der Waals surface area contributed by atoms with Crippen LogP contribution in [0.5, 0.6) is 5.75 Å². The van der Waals surface area contributed by atoms with Crippen molar-refractivity contribution >= 4 is 17.5 Å². The number of piperidine rings is 1. The quantitative estimate of drug-likeness (QED) is 0.318. The Hall–Kier alpha value is -2.83. The van der Waals surface area contributed by atoms with Crippen LogP contribution in [0.2, 0.25) is 5.02 Å². The maximum absolute atomic E-state index is 12.9. The molecule has 2 aliphatic rings. The summed E-state index contributed by atoms with van der Waals surface area (Å²) in [6, 6.07) is 12.2. The fourth-order valence-electron chi connectivity index (χ4n) is 6.40. The van der Waals surface area contributed by atoms with Gasteiger partial charge in [0.1, 0.15) is 17.3 Å². The summed E-state index contributed by atoms with van der Waals surface area (Å²) in [5.41, 5.74) is 6.67. The third kappa shape index (κ3) is 6.17. The summed E-state index contributed by atoms with van der Waals surface area (Å²) < 4.78 is 7.82. The van der Waals surface area contributed by atoms with Gasteiger partial charge in [-0.1, -0.05) is 23.7 Å². The molecule has 39 heavy (non-hydrogen) atoms. The highest BCUT2D eigenvalue weighted by Crippen LogP contribution is 2.40. The molecule has 6 nitrogen and oxygen atoms in total. The van der Waals surface area contributed by atoms with Gasteiger partial charge in [-0.15, -0.1) is 0 Å². The molecule has 1 aromatic heterocycles. The fraction of sp³-hybridized carbons (Fsp3) is 0.500. The molecular formula is C32H41ClN4O2. The zero-order valence-electron chi connectivity index (χ0n) is 23.6. The Balaban J connectivity index is 1.06. The minimum atomic E-state index is -0.0671. The lowest BCUT2D eigenvalue weighted by Gasteiger charge is -2.33. The van der Waals surface area contributed by atoms with E-state index in [1.54, 1.807) is 0 Å². The Morgan fingerprint density at radius 3 is 2.56 bits per heavy atom. The number of carbonyl (C=O) groups is 1. The highest BCUT2D eigenvalue weighted by molar-refractivity contribution is 6.30. The Morgan fingerprint density at radius 2 is 1.82 bits per heavy atom. The molecule has 5 rings (SSSR count). The summed E-state index contributed by atoms with van der Waals surface area (Å²) in [7, 11) is 3.73. The van der Waals surface area contributed by atoms with Crippen LogP contribution in [0.25, 0.3) is 11.4 Å². The molecule has 0 spiro atoms. The lowest BCUT2D eigenvalue weighted by Crippen LogP contribution is -2.34. The van der Waals surface area contributed by atoms with E-state index in [-0.39, 0.29) is 5.91 Å². The number of aromatic nitrogens is 2. The van der Waals surface area contributed by atoms with Crippen molar-refractivity contribution in [3.8, 4) is 17.1 Å². The summed E-state index contributed by atoms with van der Waals surface area (Å²) in [6.07, 6.45) is 9.33. The van der Waals surface area contributed by atoms with Gasteiger partial charge in [-0.3, -0.25) is 4.79 Å². The standard InChI is InChI=1S/C32H41ClN4O2/c1-22-29(36(2)31(35-22)25-10-13-26(33)14-11-25)32(38)34-18-6-7-19-37-20-16-24(17-21-37)28-15-12-23-8-4-5-9-27(23)30(28)39-3/h10-15,24H,4-9,16-21H2,1-3H3,(H,34,38).